The molecular formula is C38H44F4N2O4. The number of aliphatic hydroxyl groups is 1. The second-order valence-corrected chi connectivity index (χ2v) is 15.5. The predicted octanol–water partition coefficient (Wildman–Crippen LogP) is 7.95. The van der Waals surface area contributed by atoms with Crippen molar-refractivity contribution in [3.8, 4) is 5.75 Å². The zero-order valence-electron chi connectivity index (χ0n) is 27.7. The Kier molecular flexibility index (Phi) is 8.00. The molecule has 6 aliphatic rings. The number of anilines is 1. The quantitative estimate of drug-likeness (QED) is 0.197. The van der Waals surface area contributed by atoms with Crippen LogP contribution < -0.4 is 15.4 Å². The third-order valence-corrected chi connectivity index (χ3v) is 12.7. The lowest BCUT2D eigenvalue weighted by Crippen LogP contribution is -2.53. The molecular weight excluding hydrogens is 624 g/mol. The predicted molar refractivity (Wildman–Crippen MR) is 173 cm³/mol. The Morgan fingerprint density at radius 3 is 2.21 bits per heavy atom. The molecule has 4 bridgehead atoms. The lowest BCUT2D eigenvalue weighted by atomic mass is 9.48. The fourth-order valence-electron chi connectivity index (χ4n) is 9.59. The topological polar surface area (TPSA) is 87.7 Å². The van der Waals surface area contributed by atoms with Crippen molar-refractivity contribution in [2.24, 2.45) is 29.1 Å². The van der Waals surface area contributed by atoms with Crippen molar-refractivity contribution >= 4 is 17.5 Å². The maximum absolute atomic E-state index is 14.2. The number of fused-ring (bicyclic) bond motifs is 5. The van der Waals surface area contributed by atoms with Gasteiger partial charge in [0, 0.05) is 17.6 Å². The summed E-state index contributed by atoms with van der Waals surface area (Å²) in [5.41, 5.74) is 0.0935. The van der Waals surface area contributed by atoms with E-state index in [0.717, 1.165) is 81.4 Å². The van der Waals surface area contributed by atoms with Gasteiger partial charge in [0.1, 0.15) is 11.6 Å². The van der Waals surface area contributed by atoms with Crippen LogP contribution in [-0.4, -0.2) is 35.7 Å². The molecule has 0 heterocycles. The smallest absolute Gasteiger partial charge is 0.419 e. The number of hydrogen-bond donors (Lipinski definition) is 3. The molecule has 0 spiro atoms. The maximum Gasteiger partial charge on any atom is 0.419 e. The van der Waals surface area contributed by atoms with Crippen LogP contribution in [-0.2, 0) is 16.4 Å². The van der Waals surface area contributed by atoms with Gasteiger partial charge in [0.15, 0.2) is 0 Å². The van der Waals surface area contributed by atoms with Gasteiger partial charge < -0.3 is 20.5 Å². The Balaban J connectivity index is 1.16. The van der Waals surface area contributed by atoms with Crippen LogP contribution in [0.1, 0.15) is 99.5 Å². The minimum atomic E-state index is -4.91. The molecule has 0 aromatic heterocycles. The molecule has 2 aromatic carbocycles. The first-order valence-corrected chi connectivity index (χ1v) is 17.3. The molecule has 0 radical (unpaired) electrons. The van der Waals surface area contributed by atoms with E-state index in [4.69, 9.17) is 4.74 Å². The molecule has 6 saturated carbocycles. The van der Waals surface area contributed by atoms with Crippen LogP contribution in [0.25, 0.3) is 0 Å². The normalized spacial score (nSPS) is 32.0. The number of ether oxygens (including phenoxy) is 1. The lowest BCUT2D eigenvalue weighted by molar-refractivity contribution is -0.140. The van der Waals surface area contributed by atoms with E-state index in [-0.39, 0.29) is 34.3 Å². The SMILES string of the molecule is COc1ccc(C23CCC(C(C)(C)O)(CC2)CC3)cc1C(=O)N[C@H]1[C@@H](C(=O)Nc2ccc(F)c(C(F)(F)F)c2)[C@H]2CC[C@@H]1/C2=C\C1CC1. The van der Waals surface area contributed by atoms with Crippen LogP contribution in [0.3, 0.4) is 0 Å². The standard InChI is InChI=1S/C38H44F4N2O4/c1-35(2,47)37-15-12-36(13-16-37,14-17-37)22-6-11-30(48-3)27(19-22)33(45)44-32-25-9-8-24(26(25)18-21-4-5-21)31(32)34(46)43-23-7-10-29(39)28(20-23)38(40,41)42/h6-7,10-11,18-21,24-25,31-32,47H,4-5,8-9,12-17H2,1-3H3,(H,43,46)(H,44,45)/b26-18-/t24-,25+,31-,32+,36?,37?/m0/s1. The number of carbonyl (C=O) groups is 2. The molecule has 2 amide bonds. The monoisotopic (exact) mass is 668 g/mol. The highest BCUT2D eigenvalue weighted by Gasteiger charge is 2.56. The van der Waals surface area contributed by atoms with Crippen molar-refractivity contribution in [2.75, 3.05) is 12.4 Å². The van der Waals surface area contributed by atoms with E-state index in [0.29, 0.717) is 29.4 Å². The third kappa shape index (κ3) is 5.61. The summed E-state index contributed by atoms with van der Waals surface area (Å²) < 4.78 is 59.9. The highest BCUT2D eigenvalue weighted by Crippen LogP contribution is 2.61. The van der Waals surface area contributed by atoms with Crippen molar-refractivity contribution in [1.29, 1.82) is 0 Å². The number of rotatable bonds is 8. The second kappa shape index (κ2) is 11.6. The molecule has 0 aliphatic heterocycles. The number of nitrogens with one attached hydrogen (secondary N) is 2. The molecule has 258 valence electrons. The molecule has 0 unspecified atom stereocenters. The average Bonchev–Trinajstić information content (AvgIpc) is 3.73. The molecule has 3 N–H and O–H groups in total. The van der Waals surface area contributed by atoms with Crippen LogP contribution in [0.15, 0.2) is 48.0 Å². The van der Waals surface area contributed by atoms with Crippen LogP contribution in [0, 0.1) is 34.9 Å². The molecule has 48 heavy (non-hydrogen) atoms. The molecule has 4 atom stereocenters. The fourth-order valence-corrected chi connectivity index (χ4v) is 9.59. The van der Waals surface area contributed by atoms with Crippen molar-refractivity contribution in [2.45, 2.75) is 101 Å². The summed E-state index contributed by atoms with van der Waals surface area (Å²) in [5.74, 6) is -2.29. The summed E-state index contributed by atoms with van der Waals surface area (Å²) in [4.78, 5) is 28.1. The highest BCUT2D eigenvalue weighted by atomic mass is 19.4. The number of alkyl halides is 3. The van der Waals surface area contributed by atoms with Crippen molar-refractivity contribution in [1.82, 2.24) is 5.32 Å². The van der Waals surface area contributed by atoms with Gasteiger partial charge in [-0.1, -0.05) is 17.7 Å². The zero-order valence-corrected chi connectivity index (χ0v) is 27.7. The number of allylic oxidation sites excluding steroid dienone is 1. The van der Waals surface area contributed by atoms with Gasteiger partial charge in [-0.2, -0.15) is 13.2 Å². The zero-order chi connectivity index (χ0) is 34.2. The number of methoxy groups -OCH3 is 1. The van der Waals surface area contributed by atoms with Crippen LogP contribution in [0.5, 0.6) is 5.75 Å². The summed E-state index contributed by atoms with van der Waals surface area (Å²) in [5, 5.41) is 16.8. The average molecular weight is 669 g/mol. The van der Waals surface area contributed by atoms with E-state index >= 15 is 0 Å². The molecule has 0 saturated heterocycles. The first kappa shape index (κ1) is 33.1. The number of amides is 2. The van der Waals surface area contributed by atoms with Gasteiger partial charge in [-0.25, -0.2) is 4.39 Å². The van der Waals surface area contributed by atoms with Gasteiger partial charge in [0.25, 0.3) is 5.91 Å². The maximum atomic E-state index is 14.2. The molecule has 8 rings (SSSR count). The Hall–Kier alpha value is -3.40. The third-order valence-electron chi connectivity index (χ3n) is 12.7. The molecule has 6 aliphatic carbocycles. The number of carbonyl (C=O) groups excluding carboxylic acids is 2. The highest BCUT2D eigenvalue weighted by molar-refractivity contribution is 5.99. The van der Waals surface area contributed by atoms with Crippen molar-refractivity contribution < 1.29 is 37.0 Å². The van der Waals surface area contributed by atoms with Crippen molar-refractivity contribution in [3.63, 3.8) is 0 Å². The largest absolute Gasteiger partial charge is 0.496 e. The number of hydrogen-bond acceptors (Lipinski definition) is 4. The Morgan fingerprint density at radius 1 is 0.938 bits per heavy atom. The van der Waals surface area contributed by atoms with Crippen molar-refractivity contribution in [3.05, 3.63) is 70.6 Å². The van der Waals surface area contributed by atoms with Crippen LogP contribution in [0.2, 0.25) is 0 Å². The molecule has 6 nitrogen and oxygen atoms in total. The summed E-state index contributed by atoms with van der Waals surface area (Å²) in [7, 11) is 1.52. The second-order valence-electron chi connectivity index (χ2n) is 15.5. The van der Waals surface area contributed by atoms with E-state index < -0.39 is 41.0 Å². The lowest BCUT2D eigenvalue weighted by Gasteiger charge is -2.58. The number of halogens is 4. The van der Waals surface area contributed by atoms with E-state index in [9.17, 15) is 32.3 Å². The van der Waals surface area contributed by atoms with Gasteiger partial charge >= 0.3 is 6.18 Å². The Morgan fingerprint density at radius 2 is 1.60 bits per heavy atom. The van der Waals surface area contributed by atoms with Gasteiger partial charge in [-0.05, 0) is 137 Å². The van der Waals surface area contributed by atoms with E-state index in [1.807, 2.05) is 32.0 Å². The van der Waals surface area contributed by atoms with Gasteiger partial charge in [-0.15, -0.1) is 0 Å². The minimum Gasteiger partial charge on any atom is -0.496 e. The summed E-state index contributed by atoms with van der Waals surface area (Å²) in [6.45, 7) is 3.82. The van der Waals surface area contributed by atoms with Gasteiger partial charge in [0.2, 0.25) is 5.91 Å². The summed E-state index contributed by atoms with van der Waals surface area (Å²) in [6, 6.07) is 7.69. The van der Waals surface area contributed by atoms with E-state index in [1.165, 1.54) is 7.11 Å². The van der Waals surface area contributed by atoms with Crippen LogP contribution >= 0.6 is 0 Å². The Labute approximate surface area is 278 Å². The molecule has 2 aromatic rings. The van der Waals surface area contributed by atoms with E-state index in [1.54, 1.807) is 0 Å². The fraction of sp³-hybridized carbons (Fsp3) is 0.579. The molecule has 6 fully saturated rings. The summed E-state index contributed by atoms with van der Waals surface area (Å²) in [6.07, 6.45) is 6.57. The first-order valence-electron chi connectivity index (χ1n) is 17.3. The summed E-state index contributed by atoms with van der Waals surface area (Å²) >= 11 is 0. The van der Waals surface area contributed by atoms with Gasteiger partial charge in [-0.3, -0.25) is 9.59 Å². The van der Waals surface area contributed by atoms with Crippen LogP contribution in [0.4, 0.5) is 23.2 Å². The molecule has 10 heteroatoms. The van der Waals surface area contributed by atoms with Gasteiger partial charge in [0.05, 0.1) is 29.8 Å². The number of benzene rings is 2. The first-order chi connectivity index (χ1) is 22.6. The Bertz CT molecular complexity index is 1630. The minimum absolute atomic E-state index is 0.0614. The van der Waals surface area contributed by atoms with E-state index in [2.05, 4.69) is 16.7 Å².